The van der Waals surface area contributed by atoms with E-state index in [-0.39, 0.29) is 29.9 Å². The van der Waals surface area contributed by atoms with Crippen molar-refractivity contribution in [3.63, 3.8) is 0 Å². The number of nitrogens with one attached hydrogen (secondary N) is 1. The molecule has 0 spiro atoms. The van der Waals surface area contributed by atoms with Crippen molar-refractivity contribution in [2.75, 3.05) is 25.1 Å². The van der Waals surface area contributed by atoms with E-state index in [1.807, 2.05) is 17.5 Å². The number of nitrogens with zero attached hydrogens (tertiary/aromatic N) is 1. The van der Waals surface area contributed by atoms with Gasteiger partial charge in [-0.3, -0.25) is 4.79 Å². The van der Waals surface area contributed by atoms with Gasteiger partial charge in [-0.2, -0.15) is 0 Å². The minimum Gasteiger partial charge on any atom is -0.341 e. The van der Waals surface area contributed by atoms with E-state index in [0.29, 0.717) is 13.1 Å². The second kappa shape index (κ2) is 6.02. The van der Waals surface area contributed by atoms with Crippen LogP contribution in [0.2, 0.25) is 0 Å². The van der Waals surface area contributed by atoms with Crippen molar-refractivity contribution in [3.8, 4) is 0 Å². The molecule has 106 valence electrons. The van der Waals surface area contributed by atoms with Crippen LogP contribution in [0.5, 0.6) is 0 Å². The predicted octanol–water partition coefficient (Wildman–Crippen LogP) is 0.483. The van der Waals surface area contributed by atoms with Crippen LogP contribution in [0.15, 0.2) is 17.5 Å². The fraction of sp³-hybridized carbons (Fsp3) is 0.583. The van der Waals surface area contributed by atoms with Crippen LogP contribution in [-0.2, 0) is 21.2 Å². The molecule has 1 fully saturated rings. The van der Waals surface area contributed by atoms with Crippen LogP contribution in [0.3, 0.4) is 0 Å². The highest BCUT2D eigenvalue weighted by molar-refractivity contribution is 7.91. The van der Waals surface area contributed by atoms with Gasteiger partial charge in [0.15, 0.2) is 9.84 Å². The maximum absolute atomic E-state index is 12.0. The van der Waals surface area contributed by atoms with Crippen molar-refractivity contribution in [1.82, 2.24) is 10.2 Å². The lowest BCUT2D eigenvalue weighted by molar-refractivity contribution is -0.130. The SMILES string of the molecule is CN(Cc1cccs1)C(=O)CC1CS(=O)(=O)CCN1. The van der Waals surface area contributed by atoms with E-state index in [4.69, 9.17) is 0 Å². The number of carbonyl (C=O) groups excluding carboxylic acids is 1. The van der Waals surface area contributed by atoms with E-state index in [1.54, 1.807) is 23.3 Å². The molecule has 2 heterocycles. The molecule has 5 nitrogen and oxygen atoms in total. The standard InChI is InChI=1S/C12H18N2O3S2/c1-14(8-11-3-2-5-18-11)12(15)7-10-9-19(16,17)6-4-13-10/h2-3,5,10,13H,4,6-9H2,1H3. The summed E-state index contributed by atoms with van der Waals surface area (Å²) in [6.07, 6.45) is 0.237. The van der Waals surface area contributed by atoms with Gasteiger partial charge in [0, 0.05) is 30.9 Å². The maximum Gasteiger partial charge on any atom is 0.224 e. The van der Waals surface area contributed by atoms with Gasteiger partial charge >= 0.3 is 0 Å². The maximum atomic E-state index is 12.0. The van der Waals surface area contributed by atoms with Gasteiger partial charge in [0.1, 0.15) is 0 Å². The Labute approximate surface area is 117 Å². The van der Waals surface area contributed by atoms with Crippen molar-refractivity contribution in [2.24, 2.45) is 0 Å². The van der Waals surface area contributed by atoms with E-state index in [9.17, 15) is 13.2 Å². The normalized spacial score (nSPS) is 22.1. The predicted molar refractivity (Wildman–Crippen MR) is 75.9 cm³/mol. The second-order valence-corrected chi connectivity index (χ2v) is 8.06. The van der Waals surface area contributed by atoms with E-state index in [1.165, 1.54) is 0 Å². The second-order valence-electron chi connectivity index (χ2n) is 4.80. The van der Waals surface area contributed by atoms with Crippen LogP contribution >= 0.6 is 11.3 Å². The highest BCUT2D eigenvalue weighted by Gasteiger charge is 2.26. The third-order valence-electron chi connectivity index (χ3n) is 3.12. The van der Waals surface area contributed by atoms with Crippen LogP contribution in [0, 0.1) is 0 Å². The minimum atomic E-state index is -2.98. The Morgan fingerprint density at radius 2 is 2.37 bits per heavy atom. The Kier molecular flexibility index (Phi) is 4.59. The van der Waals surface area contributed by atoms with Gasteiger partial charge in [0.05, 0.1) is 18.1 Å². The molecule has 1 aromatic rings. The molecule has 1 N–H and O–H groups in total. The Balaban J connectivity index is 1.86. The molecular weight excluding hydrogens is 284 g/mol. The fourth-order valence-corrected chi connectivity index (χ4v) is 4.29. The first-order valence-corrected chi connectivity index (χ1v) is 8.86. The zero-order valence-corrected chi connectivity index (χ0v) is 12.5. The van der Waals surface area contributed by atoms with Gasteiger partial charge in [-0.1, -0.05) is 6.07 Å². The summed E-state index contributed by atoms with van der Waals surface area (Å²) < 4.78 is 23.0. The summed E-state index contributed by atoms with van der Waals surface area (Å²) in [6, 6.07) is 3.68. The quantitative estimate of drug-likeness (QED) is 0.879. The van der Waals surface area contributed by atoms with E-state index >= 15 is 0 Å². The lowest BCUT2D eigenvalue weighted by Crippen LogP contribution is -2.47. The van der Waals surface area contributed by atoms with Crippen LogP contribution in [0.25, 0.3) is 0 Å². The molecule has 1 amide bonds. The number of hydrogen-bond acceptors (Lipinski definition) is 5. The summed E-state index contributed by atoms with van der Waals surface area (Å²) in [4.78, 5) is 14.8. The van der Waals surface area contributed by atoms with Crippen molar-refractivity contribution < 1.29 is 13.2 Å². The number of rotatable bonds is 4. The first-order valence-electron chi connectivity index (χ1n) is 6.16. The molecule has 1 saturated heterocycles. The summed E-state index contributed by atoms with van der Waals surface area (Å²) in [6.45, 7) is 1.02. The largest absolute Gasteiger partial charge is 0.341 e. The number of hydrogen-bond donors (Lipinski definition) is 1. The zero-order chi connectivity index (χ0) is 13.9. The monoisotopic (exact) mass is 302 g/mol. The molecule has 2 rings (SSSR count). The van der Waals surface area contributed by atoms with Gasteiger partial charge < -0.3 is 10.2 Å². The molecule has 0 radical (unpaired) electrons. The van der Waals surface area contributed by atoms with Crippen LogP contribution < -0.4 is 5.32 Å². The molecule has 1 unspecified atom stereocenters. The summed E-state index contributed by atoms with van der Waals surface area (Å²) in [5.41, 5.74) is 0. The Morgan fingerprint density at radius 1 is 1.58 bits per heavy atom. The van der Waals surface area contributed by atoms with E-state index < -0.39 is 9.84 Å². The number of amides is 1. The molecule has 19 heavy (non-hydrogen) atoms. The number of sulfone groups is 1. The van der Waals surface area contributed by atoms with E-state index in [0.717, 1.165) is 4.88 Å². The fourth-order valence-electron chi connectivity index (χ4n) is 2.09. The Morgan fingerprint density at radius 3 is 3.00 bits per heavy atom. The topological polar surface area (TPSA) is 66.5 Å². The third kappa shape index (κ3) is 4.29. The van der Waals surface area contributed by atoms with Gasteiger partial charge in [0.25, 0.3) is 0 Å². The zero-order valence-electron chi connectivity index (χ0n) is 10.8. The molecule has 0 bridgehead atoms. The van der Waals surface area contributed by atoms with E-state index in [2.05, 4.69) is 5.32 Å². The first kappa shape index (κ1) is 14.5. The molecular formula is C12H18N2O3S2. The van der Waals surface area contributed by atoms with Crippen LogP contribution in [-0.4, -0.2) is 50.4 Å². The summed E-state index contributed by atoms with van der Waals surface area (Å²) in [7, 11) is -1.23. The van der Waals surface area contributed by atoms with Gasteiger partial charge in [-0.25, -0.2) is 8.42 Å². The van der Waals surface area contributed by atoms with Gasteiger partial charge in [0.2, 0.25) is 5.91 Å². The first-order chi connectivity index (χ1) is 8.96. The Bertz CT molecular complexity index is 525. The molecule has 1 aromatic heterocycles. The van der Waals surface area contributed by atoms with Gasteiger partial charge in [-0.15, -0.1) is 11.3 Å². The summed E-state index contributed by atoms with van der Waals surface area (Å²) in [5.74, 6) is 0.205. The molecule has 1 aliphatic rings. The molecule has 1 atom stereocenters. The average Bonchev–Trinajstić information content (AvgIpc) is 2.80. The highest BCUT2D eigenvalue weighted by Crippen LogP contribution is 2.13. The van der Waals surface area contributed by atoms with Crippen molar-refractivity contribution >= 4 is 27.1 Å². The molecule has 1 aliphatic heterocycles. The lowest BCUT2D eigenvalue weighted by Gasteiger charge is -2.25. The van der Waals surface area contributed by atoms with Crippen LogP contribution in [0.4, 0.5) is 0 Å². The lowest BCUT2D eigenvalue weighted by atomic mass is 10.2. The number of carbonyl (C=O) groups is 1. The number of thiophene rings is 1. The third-order valence-corrected chi connectivity index (χ3v) is 5.72. The molecule has 0 saturated carbocycles. The highest BCUT2D eigenvalue weighted by atomic mass is 32.2. The smallest absolute Gasteiger partial charge is 0.224 e. The summed E-state index contributed by atoms with van der Waals surface area (Å²) in [5, 5.41) is 5.07. The minimum absolute atomic E-state index is 0.0250. The van der Waals surface area contributed by atoms with Gasteiger partial charge in [-0.05, 0) is 11.4 Å². The van der Waals surface area contributed by atoms with Crippen molar-refractivity contribution in [3.05, 3.63) is 22.4 Å². The van der Waals surface area contributed by atoms with Crippen molar-refractivity contribution in [1.29, 1.82) is 0 Å². The molecule has 0 aliphatic carbocycles. The molecule has 0 aromatic carbocycles. The summed E-state index contributed by atoms with van der Waals surface area (Å²) >= 11 is 1.61. The Hall–Kier alpha value is -0.920. The molecule has 7 heteroatoms. The van der Waals surface area contributed by atoms with Crippen LogP contribution in [0.1, 0.15) is 11.3 Å². The van der Waals surface area contributed by atoms with Crippen molar-refractivity contribution in [2.45, 2.75) is 19.0 Å². The average molecular weight is 302 g/mol.